The largest absolute Gasteiger partial charge is 0.480 e. The van der Waals surface area contributed by atoms with E-state index in [4.69, 9.17) is 10.8 Å². The van der Waals surface area contributed by atoms with E-state index in [-0.39, 0.29) is 0 Å². The van der Waals surface area contributed by atoms with Crippen molar-refractivity contribution >= 4 is 22.4 Å². The van der Waals surface area contributed by atoms with Gasteiger partial charge in [-0.2, -0.15) is 0 Å². The Bertz CT molecular complexity index is 413. The van der Waals surface area contributed by atoms with Gasteiger partial charge in [0.1, 0.15) is 6.04 Å². The third-order valence-corrected chi connectivity index (χ3v) is 4.48. The summed E-state index contributed by atoms with van der Waals surface area (Å²) in [7, 11) is 0. The molecular weight excluding hydrogens is 250 g/mol. The molecule has 0 amide bonds. The van der Waals surface area contributed by atoms with E-state index < -0.39 is 12.0 Å². The molecule has 0 aliphatic carbocycles. The molecule has 1 atom stereocenters. The van der Waals surface area contributed by atoms with E-state index in [0.29, 0.717) is 5.69 Å². The number of rotatable bonds is 4. The molecule has 0 spiro atoms. The number of aromatic nitrogens is 1. The van der Waals surface area contributed by atoms with Gasteiger partial charge in [0.2, 0.25) is 0 Å². The molecule has 1 unspecified atom stereocenters. The Balaban J connectivity index is 2.00. The zero-order valence-electron chi connectivity index (χ0n) is 10.5. The van der Waals surface area contributed by atoms with Crippen molar-refractivity contribution in [1.29, 1.82) is 0 Å². The maximum atomic E-state index is 10.8. The lowest BCUT2D eigenvalue weighted by Gasteiger charge is -2.31. The van der Waals surface area contributed by atoms with E-state index in [0.717, 1.165) is 24.1 Å². The number of nitrogens with zero attached hydrogens (tertiary/aromatic N) is 2. The third-order valence-electron chi connectivity index (χ3n) is 3.56. The molecule has 1 aliphatic heterocycles. The Labute approximate surface area is 111 Å². The summed E-state index contributed by atoms with van der Waals surface area (Å²) >= 11 is 1.48. The van der Waals surface area contributed by atoms with Gasteiger partial charge >= 0.3 is 5.97 Å². The van der Waals surface area contributed by atoms with Crippen LogP contribution in [-0.2, 0) is 4.79 Å². The second kappa shape index (κ2) is 5.67. The van der Waals surface area contributed by atoms with E-state index in [1.54, 1.807) is 5.38 Å². The van der Waals surface area contributed by atoms with Crippen LogP contribution in [0, 0.1) is 5.92 Å². The van der Waals surface area contributed by atoms with Crippen LogP contribution < -0.4 is 10.6 Å². The van der Waals surface area contributed by atoms with Gasteiger partial charge in [0.05, 0.1) is 5.69 Å². The molecule has 0 aromatic carbocycles. The third kappa shape index (κ3) is 2.81. The van der Waals surface area contributed by atoms with Crippen molar-refractivity contribution in [2.24, 2.45) is 11.7 Å². The second-order valence-corrected chi connectivity index (χ2v) is 5.55. The van der Waals surface area contributed by atoms with Gasteiger partial charge in [0.25, 0.3) is 0 Å². The zero-order valence-corrected chi connectivity index (χ0v) is 11.3. The number of anilines is 1. The van der Waals surface area contributed by atoms with Crippen molar-refractivity contribution in [2.45, 2.75) is 32.2 Å². The summed E-state index contributed by atoms with van der Waals surface area (Å²) in [6, 6.07) is -1.01. The Hall–Kier alpha value is -1.14. The lowest BCUT2D eigenvalue weighted by Crippen LogP contribution is -2.33. The number of hydrogen-bond donors (Lipinski definition) is 2. The predicted octanol–water partition coefficient (Wildman–Crippen LogP) is 1.85. The van der Waals surface area contributed by atoms with Gasteiger partial charge in [-0.3, -0.25) is 4.79 Å². The highest BCUT2D eigenvalue weighted by Crippen LogP contribution is 2.28. The molecule has 1 aromatic rings. The standard InChI is InChI=1S/C12H19N3O2S/c1-2-8-3-5-15(6-4-8)12-14-9(7-18-12)10(13)11(16)17/h7-8,10H,2-6,13H2,1H3,(H,16,17). The zero-order chi connectivity index (χ0) is 13.1. The van der Waals surface area contributed by atoms with Gasteiger partial charge in [0.15, 0.2) is 5.13 Å². The highest BCUT2D eigenvalue weighted by atomic mass is 32.1. The SMILES string of the molecule is CCC1CCN(c2nc(C(N)C(=O)O)cs2)CC1. The molecule has 0 bridgehead atoms. The molecule has 0 saturated carbocycles. The van der Waals surface area contributed by atoms with Crippen molar-refractivity contribution < 1.29 is 9.90 Å². The van der Waals surface area contributed by atoms with E-state index >= 15 is 0 Å². The lowest BCUT2D eigenvalue weighted by molar-refractivity contribution is -0.138. The average molecular weight is 269 g/mol. The molecule has 6 heteroatoms. The summed E-state index contributed by atoms with van der Waals surface area (Å²) in [5, 5.41) is 11.5. The van der Waals surface area contributed by atoms with Crippen molar-refractivity contribution in [2.75, 3.05) is 18.0 Å². The topological polar surface area (TPSA) is 79.5 Å². The van der Waals surface area contributed by atoms with Crippen LogP contribution in [0.2, 0.25) is 0 Å². The first kappa shape index (κ1) is 13.3. The van der Waals surface area contributed by atoms with E-state index in [2.05, 4.69) is 16.8 Å². The Morgan fingerprint density at radius 1 is 1.67 bits per heavy atom. The quantitative estimate of drug-likeness (QED) is 0.872. The number of carboxylic acid groups (broad SMARTS) is 1. The number of thiazole rings is 1. The first-order valence-corrected chi connectivity index (χ1v) is 7.18. The molecule has 5 nitrogen and oxygen atoms in total. The number of piperidine rings is 1. The molecule has 1 aliphatic rings. The fraction of sp³-hybridized carbons (Fsp3) is 0.667. The summed E-state index contributed by atoms with van der Waals surface area (Å²) in [6.07, 6.45) is 3.62. The summed E-state index contributed by atoms with van der Waals surface area (Å²) in [5.74, 6) is -0.210. The Morgan fingerprint density at radius 2 is 2.33 bits per heavy atom. The number of aliphatic carboxylic acids is 1. The summed E-state index contributed by atoms with van der Waals surface area (Å²) < 4.78 is 0. The Kier molecular flexibility index (Phi) is 4.19. The van der Waals surface area contributed by atoms with Crippen molar-refractivity contribution in [3.63, 3.8) is 0 Å². The Morgan fingerprint density at radius 3 is 2.89 bits per heavy atom. The molecule has 1 fully saturated rings. The average Bonchev–Trinajstić information content (AvgIpc) is 2.87. The molecular formula is C12H19N3O2S. The number of carbonyl (C=O) groups is 1. The van der Waals surface area contributed by atoms with E-state index in [1.165, 1.54) is 30.6 Å². The van der Waals surface area contributed by atoms with Crippen LogP contribution in [0.3, 0.4) is 0 Å². The van der Waals surface area contributed by atoms with Crippen LogP contribution in [0.25, 0.3) is 0 Å². The van der Waals surface area contributed by atoms with Gasteiger partial charge in [-0.15, -0.1) is 11.3 Å². The van der Waals surface area contributed by atoms with E-state index in [1.807, 2.05) is 0 Å². The predicted molar refractivity (Wildman–Crippen MR) is 71.9 cm³/mol. The molecule has 3 N–H and O–H groups in total. The minimum atomic E-state index is -1.03. The highest BCUT2D eigenvalue weighted by molar-refractivity contribution is 7.13. The van der Waals surface area contributed by atoms with Crippen LogP contribution in [0.5, 0.6) is 0 Å². The van der Waals surface area contributed by atoms with Crippen LogP contribution in [0.15, 0.2) is 5.38 Å². The first-order chi connectivity index (χ1) is 8.61. The second-order valence-electron chi connectivity index (χ2n) is 4.71. The van der Waals surface area contributed by atoms with Gasteiger partial charge < -0.3 is 15.7 Å². The van der Waals surface area contributed by atoms with Crippen LogP contribution in [0.4, 0.5) is 5.13 Å². The molecule has 18 heavy (non-hydrogen) atoms. The fourth-order valence-corrected chi connectivity index (χ4v) is 3.14. The molecule has 2 rings (SSSR count). The monoisotopic (exact) mass is 269 g/mol. The van der Waals surface area contributed by atoms with E-state index in [9.17, 15) is 4.79 Å². The summed E-state index contributed by atoms with van der Waals surface area (Å²) in [6.45, 7) is 4.25. The van der Waals surface area contributed by atoms with Crippen molar-refractivity contribution in [3.05, 3.63) is 11.1 Å². The van der Waals surface area contributed by atoms with Crippen molar-refractivity contribution in [1.82, 2.24) is 4.98 Å². The van der Waals surface area contributed by atoms with Gasteiger partial charge in [0, 0.05) is 18.5 Å². The lowest BCUT2D eigenvalue weighted by atomic mass is 9.95. The minimum Gasteiger partial charge on any atom is -0.480 e. The molecule has 2 heterocycles. The van der Waals surface area contributed by atoms with Gasteiger partial charge in [-0.1, -0.05) is 13.3 Å². The van der Waals surface area contributed by atoms with Gasteiger partial charge in [-0.25, -0.2) is 4.98 Å². The minimum absolute atomic E-state index is 0.458. The smallest absolute Gasteiger partial charge is 0.326 e. The molecule has 1 saturated heterocycles. The van der Waals surface area contributed by atoms with Gasteiger partial charge in [-0.05, 0) is 18.8 Å². The fourth-order valence-electron chi connectivity index (χ4n) is 2.22. The molecule has 1 aromatic heterocycles. The van der Waals surface area contributed by atoms with Crippen LogP contribution >= 0.6 is 11.3 Å². The molecule has 0 radical (unpaired) electrons. The number of carboxylic acids is 1. The normalized spacial score (nSPS) is 18.9. The number of hydrogen-bond acceptors (Lipinski definition) is 5. The summed E-state index contributed by atoms with van der Waals surface area (Å²) in [4.78, 5) is 17.4. The maximum absolute atomic E-state index is 10.8. The van der Waals surface area contributed by atoms with Crippen LogP contribution in [-0.4, -0.2) is 29.1 Å². The first-order valence-electron chi connectivity index (χ1n) is 6.30. The van der Waals surface area contributed by atoms with Crippen molar-refractivity contribution in [3.8, 4) is 0 Å². The molecule has 100 valence electrons. The van der Waals surface area contributed by atoms with Crippen LogP contribution in [0.1, 0.15) is 37.9 Å². The highest BCUT2D eigenvalue weighted by Gasteiger charge is 2.22. The summed E-state index contributed by atoms with van der Waals surface area (Å²) in [5.41, 5.74) is 6.01. The maximum Gasteiger partial charge on any atom is 0.326 e. The number of nitrogens with two attached hydrogens (primary N) is 1.